The Bertz CT molecular complexity index is 288. The van der Waals surface area contributed by atoms with Gasteiger partial charge in [0.15, 0.2) is 0 Å². The summed E-state index contributed by atoms with van der Waals surface area (Å²) < 4.78 is 5.16. The van der Waals surface area contributed by atoms with Gasteiger partial charge in [-0.2, -0.15) is 0 Å². The Balaban J connectivity index is 2.65. The smallest absolute Gasteiger partial charge is 0.129 e. The number of methoxy groups -OCH3 is 1. The fraction of sp³-hybridized carbons (Fsp3) is 0.636. The predicted molar refractivity (Wildman–Crippen MR) is 65.0 cm³/mol. The summed E-state index contributed by atoms with van der Waals surface area (Å²) in [4.78, 5) is 1.25. The Morgan fingerprint density at radius 2 is 2.33 bits per heavy atom. The van der Waals surface area contributed by atoms with Crippen molar-refractivity contribution < 1.29 is 4.74 Å². The van der Waals surface area contributed by atoms with Gasteiger partial charge >= 0.3 is 0 Å². The number of hydrazine groups is 1. The molecule has 3 nitrogen and oxygen atoms in total. The molecule has 0 saturated heterocycles. The van der Waals surface area contributed by atoms with Crippen molar-refractivity contribution in [1.29, 1.82) is 0 Å². The summed E-state index contributed by atoms with van der Waals surface area (Å²) in [5, 5.41) is 2.01. The third-order valence-electron chi connectivity index (χ3n) is 2.71. The largest absolute Gasteiger partial charge is 0.496 e. The Hall–Kier alpha value is -0.580. The van der Waals surface area contributed by atoms with Gasteiger partial charge in [0.2, 0.25) is 0 Å². The summed E-state index contributed by atoms with van der Waals surface area (Å²) in [5.74, 6) is 7.17. The van der Waals surface area contributed by atoms with E-state index in [-0.39, 0.29) is 6.04 Å². The van der Waals surface area contributed by atoms with Crippen LogP contribution >= 0.6 is 11.3 Å². The summed E-state index contributed by atoms with van der Waals surface area (Å²) in [5.41, 5.74) is 2.88. The monoisotopic (exact) mass is 228 g/mol. The molecule has 0 radical (unpaired) electrons. The summed E-state index contributed by atoms with van der Waals surface area (Å²) in [7, 11) is 1.69. The predicted octanol–water partition coefficient (Wildman–Crippen LogP) is 2.70. The fourth-order valence-electron chi connectivity index (χ4n) is 1.46. The SMILES string of the molecule is CCC(C)CC(NN)c1cc(OC)cs1. The Labute approximate surface area is 95.6 Å². The van der Waals surface area contributed by atoms with Crippen LogP contribution in [0.5, 0.6) is 5.75 Å². The van der Waals surface area contributed by atoms with Crippen LogP contribution in [0.4, 0.5) is 0 Å². The van der Waals surface area contributed by atoms with Crippen molar-refractivity contribution >= 4 is 11.3 Å². The van der Waals surface area contributed by atoms with Crippen molar-refractivity contribution in [2.24, 2.45) is 11.8 Å². The fourth-order valence-corrected chi connectivity index (χ4v) is 2.39. The minimum Gasteiger partial charge on any atom is -0.496 e. The minimum absolute atomic E-state index is 0.244. The van der Waals surface area contributed by atoms with E-state index in [0.717, 1.165) is 12.2 Å². The van der Waals surface area contributed by atoms with Crippen molar-refractivity contribution in [2.75, 3.05) is 7.11 Å². The molecule has 1 heterocycles. The van der Waals surface area contributed by atoms with Gasteiger partial charge < -0.3 is 4.74 Å². The van der Waals surface area contributed by atoms with Crippen LogP contribution < -0.4 is 16.0 Å². The molecule has 0 spiro atoms. The van der Waals surface area contributed by atoms with Crippen LogP contribution in [0.1, 0.15) is 37.6 Å². The molecule has 1 aromatic heterocycles. The van der Waals surface area contributed by atoms with Gasteiger partial charge in [0, 0.05) is 10.3 Å². The molecular formula is C11H20N2OS. The Morgan fingerprint density at radius 1 is 1.60 bits per heavy atom. The standard InChI is InChI=1S/C11H20N2OS/c1-4-8(2)5-10(13-12)11-6-9(14-3)7-15-11/h6-8,10,13H,4-5,12H2,1-3H3. The lowest BCUT2D eigenvalue weighted by Gasteiger charge is -2.17. The Morgan fingerprint density at radius 3 is 2.80 bits per heavy atom. The highest BCUT2D eigenvalue weighted by atomic mass is 32.1. The number of ether oxygens (including phenoxy) is 1. The van der Waals surface area contributed by atoms with E-state index in [9.17, 15) is 0 Å². The van der Waals surface area contributed by atoms with Crippen LogP contribution in [0.25, 0.3) is 0 Å². The van der Waals surface area contributed by atoms with Crippen LogP contribution in [-0.2, 0) is 0 Å². The summed E-state index contributed by atoms with van der Waals surface area (Å²) in [6.45, 7) is 4.45. The van der Waals surface area contributed by atoms with Crippen LogP contribution in [0.15, 0.2) is 11.4 Å². The lowest BCUT2D eigenvalue weighted by molar-refractivity contribution is 0.404. The lowest BCUT2D eigenvalue weighted by Crippen LogP contribution is -2.28. The average molecular weight is 228 g/mol. The normalized spacial score (nSPS) is 14.9. The number of hydrogen-bond donors (Lipinski definition) is 2. The first kappa shape index (κ1) is 12.5. The van der Waals surface area contributed by atoms with Gasteiger partial charge in [0.1, 0.15) is 5.75 Å². The van der Waals surface area contributed by atoms with Gasteiger partial charge in [0.05, 0.1) is 13.2 Å². The molecule has 0 fully saturated rings. The van der Waals surface area contributed by atoms with E-state index < -0.39 is 0 Å². The highest BCUT2D eigenvalue weighted by Crippen LogP contribution is 2.30. The minimum atomic E-state index is 0.244. The second kappa shape index (κ2) is 6.10. The van der Waals surface area contributed by atoms with Gasteiger partial charge in [-0.1, -0.05) is 20.3 Å². The molecule has 0 saturated carbocycles. The van der Waals surface area contributed by atoms with Crippen LogP contribution in [0, 0.1) is 5.92 Å². The van der Waals surface area contributed by atoms with Gasteiger partial charge in [-0.25, -0.2) is 0 Å². The number of thiophene rings is 1. The zero-order valence-electron chi connectivity index (χ0n) is 9.62. The first-order valence-corrected chi connectivity index (χ1v) is 6.17. The molecule has 0 amide bonds. The molecule has 86 valence electrons. The van der Waals surface area contributed by atoms with E-state index >= 15 is 0 Å². The summed E-state index contributed by atoms with van der Waals surface area (Å²) >= 11 is 1.69. The van der Waals surface area contributed by atoms with Gasteiger partial charge in [-0.3, -0.25) is 11.3 Å². The number of nitrogens with two attached hydrogens (primary N) is 1. The molecule has 1 rings (SSSR count). The van der Waals surface area contributed by atoms with Gasteiger partial charge in [0.25, 0.3) is 0 Å². The van der Waals surface area contributed by atoms with E-state index in [1.165, 1.54) is 11.3 Å². The van der Waals surface area contributed by atoms with E-state index in [1.54, 1.807) is 18.4 Å². The highest BCUT2D eigenvalue weighted by molar-refractivity contribution is 7.10. The van der Waals surface area contributed by atoms with Crippen molar-refractivity contribution in [1.82, 2.24) is 5.43 Å². The molecule has 0 aliphatic carbocycles. The van der Waals surface area contributed by atoms with E-state index in [0.29, 0.717) is 5.92 Å². The summed E-state index contributed by atoms with van der Waals surface area (Å²) in [6, 6.07) is 2.30. The Kier molecular flexibility index (Phi) is 5.08. The maximum atomic E-state index is 5.57. The zero-order valence-corrected chi connectivity index (χ0v) is 10.4. The van der Waals surface area contributed by atoms with Crippen molar-refractivity contribution in [3.05, 3.63) is 16.3 Å². The average Bonchev–Trinajstić information content (AvgIpc) is 2.73. The molecule has 0 aliphatic rings. The van der Waals surface area contributed by atoms with Crippen LogP contribution in [0.3, 0.4) is 0 Å². The third-order valence-corrected chi connectivity index (χ3v) is 3.74. The van der Waals surface area contributed by atoms with E-state index in [2.05, 4.69) is 25.3 Å². The molecule has 0 bridgehead atoms. The van der Waals surface area contributed by atoms with Crippen molar-refractivity contribution in [3.63, 3.8) is 0 Å². The molecule has 4 heteroatoms. The first-order chi connectivity index (χ1) is 7.21. The topological polar surface area (TPSA) is 47.3 Å². The molecule has 2 unspecified atom stereocenters. The second-order valence-corrected chi connectivity index (χ2v) is 4.80. The summed E-state index contributed by atoms with van der Waals surface area (Å²) in [6.07, 6.45) is 2.25. The van der Waals surface area contributed by atoms with E-state index in [4.69, 9.17) is 10.6 Å². The molecule has 0 aromatic carbocycles. The maximum Gasteiger partial charge on any atom is 0.129 e. The molecule has 1 aromatic rings. The third kappa shape index (κ3) is 3.48. The van der Waals surface area contributed by atoms with Gasteiger partial charge in [-0.05, 0) is 18.4 Å². The second-order valence-electron chi connectivity index (χ2n) is 3.86. The molecule has 3 N–H and O–H groups in total. The maximum absolute atomic E-state index is 5.57. The molecular weight excluding hydrogens is 208 g/mol. The number of hydrogen-bond acceptors (Lipinski definition) is 4. The van der Waals surface area contributed by atoms with Crippen LogP contribution in [-0.4, -0.2) is 7.11 Å². The number of nitrogens with one attached hydrogen (secondary N) is 1. The van der Waals surface area contributed by atoms with Crippen molar-refractivity contribution in [2.45, 2.75) is 32.7 Å². The number of rotatable bonds is 6. The first-order valence-electron chi connectivity index (χ1n) is 5.29. The van der Waals surface area contributed by atoms with Crippen LogP contribution in [0.2, 0.25) is 0 Å². The molecule has 0 aliphatic heterocycles. The highest BCUT2D eigenvalue weighted by Gasteiger charge is 2.15. The zero-order chi connectivity index (χ0) is 11.3. The molecule has 15 heavy (non-hydrogen) atoms. The van der Waals surface area contributed by atoms with E-state index in [1.807, 2.05) is 5.38 Å². The van der Waals surface area contributed by atoms with Gasteiger partial charge in [-0.15, -0.1) is 11.3 Å². The quantitative estimate of drug-likeness (QED) is 0.581. The molecule has 2 atom stereocenters. The van der Waals surface area contributed by atoms with Crippen molar-refractivity contribution in [3.8, 4) is 5.75 Å². The lowest BCUT2D eigenvalue weighted by atomic mass is 9.99.